The summed E-state index contributed by atoms with van der Waals surface area (Å²) in [5, 5.41) is 3.61. The van der Waals surface area contributed by atoms with Gasteiger partial charge in [0.15, 0.2) is 0 Å². The van der Waals surface area contributed by atoms with Gasteiger partial charge in [0, 0.05) is 6.04 Å². The lowest BCUT2D eigenvalue weighted by Gasteiger charge is -2.60. The molecule has 6 fully saturated rings. The van der Waals surface area contributed by atoms with E-state index >= 15 is 0 Å². The molecule has 8 unspecified atom stereocenters. The first kappa shape index (κ1) is 9.04. The highest BCUT2D eigenvalue weighted by atomic mass is 14.9. The van der Waals surface area contributed by atoms with E-state index in [9.17, 15) is 0 Å². The van der Waals surface area contributed by atoms with Crippen LogP contribution < -0.4 is 5.32 Å². The SMILES string of the molecule is CNC1C2CC3CC(C)C4C3CC4C1C2. The molecule has 0 aromatic carbocycles. The Kier molecular flexibility index (Phi) is 1.68. The molecule has 6 saturated carbocycles. The van der Waals surface area contributed by atoms with E-state index in [2.05, 4.69) is 19.3 Å². The van der Waals surface area contributed by atoms with Gasteiger partial charge in [-0.2, -0.15) is 0 Å². The Balaban J connectivity index is 1.67. The molecule has 1 heteroatoms. The van der Waals surface area contributed by atoms with Crippen LogP contribution in [0.2, 0.25) is 0 Å². The van der Waals surface area contributed by atoms with Gasteiger partial charge >= 0.3 is 0 Å². The van der Waals surface area contributed by atoms with Crippen molar-refractivity contribution in [2.75, 3.05) is 7.05 Å². The highest BCUT2D eigenvalue weighted by molar-refractivity contribution is 5.12. The van der Waals surface area contributed by atoms with Crippen LogP contribution in [0.25, 0.3) is 0 Å². The third-order valence-electron chi connectivity index (χ3n) is 6.50. The smallest absolute Gasteiger partial charge is 0.0124 e. The first-order chi connectivity index (χ1) is 7.29. The molecule has 0 aromatic heterocycles. The van der Waals surface area contributed by atoms with Crippen molar-refractivity contribution < 1.29 is 0 Å². The Hall–Kier alpha value is -0.0400. The predicted molar refractivity (Wildman–Crippen MR) is 61.4 cm³/mol. The minimum atomic E-state index is 0.895. The van der Waals surface area contributed by atoms with E-state index in [0.717, 1.165) is 47.5 Å². The van der Waals surface area contributed by atoms with Gasteiger partial charge in [0.1, 0.15) is 0 Å². The van der Waals surface area contributed by atoms with Crippen LogP contribution in [0.15, 0.2) is 0 Å². The van der Waals surface area contributed by atoms with Crippen molar-refractivity contribution >= 4 is 0 Å². The normalized spacial score (nSPS) is 65.2. The molecule has 0 aromatic rings. The molecule has 1 nitrogen and oxygen atoms in total. The molecule has 0 spiro atoms. The highest BCUT2D eigenvalue weighted by Gasteiger charge is 2.62. The fourth-order valence-electron chi connectivity index (χ4n) is 5.96. The third kappa shape index (κ3) is 0.945. The maximum atomic E-state index is 3.61. The molecule has 15 heavy (non-hydrogen) atoms. The van der Waals surface area contributed by atoms with E-state index in [0.29, 0.717) is 0 Å². The van der Waals surface area contributed by atoms with E-state index in [1.807, 2.05) is 0 Å². The summed E-state index contributed by atoms with van der Waals surface area (Å²) < 4.78 is 0. The third-order valence-corrected chi connectivity index (χ3v) is 6.50. The summed E-state index contributed by atoms with van der Waals surface area (Å²) >= 11 is 0. The van der Waals surface area contributed by atoms with Gasteiger partial charge < -0.3 is 5.32 Å². The van der Waals surface area contributed by atoms with Crippen LogP contribution >= 0.6 is 0 Å². The average Bonchev–Trinajstić information content (AvgIpc) is 2.31. The zero-order valence-electron chi connectivity index (χ0n) is 9.95. The second-order valence-corrected chi connectivity index (χ2v) is 6.82. The van der Waals surface area contributed by atoms with Gasteiger partial charge in [-0.25, -0.2) is 0 Å². The van der Waals surface area contributed by atoms with Gasteiger partial charge in [-0.3, -0.25) is 0 Å². The number of hydrogen-bond acceptors (Lipinski definition) is 1. The van der Waals surface area contributed by atoms with Crippen molar-refractivity contribution in [1.29, 1.82) is 0 Å². The zero-order valence-corrected chi connectivity index (χ0v) is 9.95. The Morgan fingerprint density at radius 3 is 2.53 bits per heavy atom. The molecule has 0 heterocycles. The van der Waals surface area contributed by atoms with Crippen LogP contribution in [0.1, 0.15) is 32.6 Å². The average molecular weight is 205 g/mol. The summed E-state index contributed by atoms with van der Waals surface area (Å²) in [7, 11) is 2.19. The largest absolute Gasteiger partial charge is 0.316 e. The Morgan fingerprint density at radius 2 is 1.73 bits per heavy atom. The van der Waals surface area contributed by atoms with E-state index in [1.165, 1.54) is 0 Å². The zero-order chi connectivity index (χ0) is 10.2. The minimum Gasteiger partial charge on any atom is -0.316 e. The molecule has 0 aliphatic heterocycles. The topological polar surface area (TPSA) is 12.0 Å². The van der Waals surface area contributed by atoms with Crippen molar-refractivity contribution in [3.63, 3.8) is 0 Å². The van der Waals surface area contributed by atoms with Crippen LogP contribution in [-0.4, -0.2) is 13.1 Å². The lowest BCUT2D eigenvalue weighted by atomic mass is 9.47. The van der Waals surface area contributed by atoms with Crippen LogP contribution in [0.5, 0.6) is 0 Å². The lowest BCUT2D eigenvalue weighted by Crippen LogP contribution is -2.60. The monoisotopic (exact) mass is 205 g/mol. The van der Waals surface area contributed by atoms with E-state index in [4.69, 9.17) is 0 Å². The number of nitrogens with one attached hydrogen (secondary N) is 1. The number of rotatable bonds is 1. The van der Waals surface area contributed by atoms with Crippen molar-refractivity contribution in [2.45, 2.75) is 38.6 Å². The van der Waals surface area contributed by atoms with Crippen LogP contribution in [0.3, 0.4) is 0 Å². The van der Waals surface area contributed by atoms with Crippen LogP contribution in [0.4, 0.5) is 0 Å². The lowest BCUT2D eigenvalue weighted by molar-refractivity contribution is -0.0960. The second-order valence-electron chi connectivity index (χ2n) is 6.82. The molecular formula is C14H23N. The molecule has 1 N–H and O–H groups in total. The maximum Gasteiger partial charge on any atom is 0.0124 e. The Labute approximate surface area is 93.0 Å². The molecule has 6 rings (SSSR count). The molecule has 84 valence electrons. The first-order valence-corrected chi connectivity index (χ1v) is 6.97. The quantitative estimate of drug-likeness (QED) is 0.693. The van der Waals surface area contributed by atoms with Crippen molar-refractivity contribution in [1.82, 2.24) is 5.32 Å². The molecule has 8 atom stereocenters. The summed E-state index contributed by atoms with van der Waals surface area (Å²) in [5.74, 6) is 7.68. The van der Waals surface area contributed by atoms with Gasteiger partial charge in [-0.1, -0.05) is 6.92 Å². The molecule has 0 saturated heterocycles. The van der Waals surface area contributed by atoms with E-state index in [1.54, 1.807) is 25.7 Å². The van der Waals surface area contributed by atoms with Gasteiger partial charge in [-0.15, -0.1) is 0 Å². The molecule has 0 radical (unpaired) electrons. The summed E-state index contributed by atoms with van der Waals surface area (Å²) in [6.07, 6.45) is 6.27. The molecule has 6 aliphatic carbocycles. The fourth-order valence-corrected chi connectivity index (χ4v) is 5.96. The minimum absolute atomic E-state index is 0.895. The van der Waals surface area contributed by atoms with Gasteiger partial charge in [0.2, 0.25) is 0 Å². The molecule has 6 bridgehead atoms. The van der Waals surface area contributed by atoms with Crippen LogP contribution in [-0.2, 0) is 0 Å². The number of hydrogen-bond donors (Lipinski definition) is 1. The van der Waals surface area contributed by atoms with Crippen molar-refractivity contribution in [3.8, 4) is 0 Å². The molecule has 6 aliphatic rings. The summed E-state index contributed by atoms with van der Waals surface area (Å²) in [4.78, 5) is 0. The summed E-state index contributed by atoms with van der Waals surface area (Å²) in [6, 6.07) is 0.895. The summed E-state index contributed by atoms with van der Waals surface area (Å²) in [6.45, 7) is 2.53. The van der Waals surface area contributed by atoms with E-state index in [-0.39, 0.29) is 0 Å². The van der Waals surface area contributed by atoms with Gasteiger partial charge in [-0.05, 0) is 74.2 Å². The van der Waals surface area contributed by atoms with Gasteiger partial charge in [0.25, 0.3) is 0 Å². The highest BCUT2D eigenvalue weighted by Crippen LogP contribution is 2.67. The summed E-state index contributed by atoms with van der Waals surface area (Å²) in [5.41, 5.74) is 0. The first-order valence-electron chi connectivity index (χ1n) is 6.97. The maximum absolute atomic E-state index is 3.61. The Morgan fingerprint density at radius 1 is 0.867 bits per heavy atom. The van der Waals surface area contributed by atoms with E-state index < -0.39 is 0 Å². The van der Waals surface area contributed by atoms with Crippen molar-refractivity contribution in [2.24, 2.45) is 41.4 Å². The van der Waals surface area contributed by atoms with Gasteiger partial charge in [0.05, 0.1) is 0 Å². The molecular weight excluding hydrogens is 182 g/mol. The fraction of sp³-hybridized carbons (Fsp3) is 1.00. The van der Waals surface area contributed by atoms with Crippen LogP contribution in [0, 0.1) is 41.4 Å². The second kappa shape index (κ2) is 2.80. The molecule has 0 amide bonds. The predicted octanol–water partition coefficient (Wildman–Crippen LogP) is 2.52. The Bertz CT molecular complexity index is 287. The standard InChI is InChI=1S/C14H23N/c1-7-3-8-4-9-5-12(14(9)15-2)11-6-10(8)13(7)11/h7-15H,3-6H2,1-2H3. The van der Waals surface area contributed by atoms with Crippen molar-refractivity contribution in [3.05, 3.63) is 0 Å².